The van der Waals surface area contributed by atoms with Gasteiger partial charge in [-0.2, -0.15) is 0 Å². The van der Waals surface area contributed by atoms with E-state index in [0.717, 1.165) is 6.42 Å². The van der Waals surface area contributed by atoms with Gasteiger partial charge in [0.1, 0.15) is 0 Å². The Balaban J connectivity index is 2.51. The van der Waals surface area contributed by atoms with Gasteiger partial charge in [-0.15, -0.1) is 0 Å². The van der Waals surface area contributed by atoms with Gasteiger partial charge in [-0.3, -0.25) is 0 Å². The summed E-state index contributed by atoms with van der Waals surface area (Å²) in [6, 6.07) is 9.25. The highest BCUT2D eigenvalue weighted by molar-refractivity contribution is 5.25. The molecule has 0 saturated carbocycles. The SMILES string of the molecule is CCCCC(C)C(N)Cc1ccc(C(C)C)cc1. The maximum Gasteiger partial charge on any atom is 0.0105 e. The van der Waals surface area contributed by atoms with Crippen molar-refractivity contribution in [2.24, 2.45) is 11.7 Å². The lowest BCUT2D eigenvalue weighted by Crippen LogP contribution is -2.30. The summed E-state index contributed by atoms with van der Waals surface area (Å²) in [5.74, 6) is 1.23. The Labute approximate surface area is 113 Å². The van der Waals surface area contributed by atoms with Crippen LogP contribution in [0.4, 0.5) is 0 Å². The van der Waals surface area contributed by atoms with Crippen LogP contribution >= 0.6 is 0 Å². The zero-order chi connectivity index (χ0) is 13.5. The number of hydrogen-bond donors (Lipinski definition) is 1. The maximum absolute atomic E-state index is 6.29. The predicted molar refractivity (Wildman–Crippen MR) is 80.9 cm³/mol. The standard InChI is InChI=1S/C17H29N/c1-5-6-7-14(4)17(18)12-15-8-10-16(11-9-15)13(2)3/h8-11,13-14,17H,5-7,12,18H2,1-4H3. The fourth-order valence-electron chi connectivity index (χ4n) is 2.25. The quantitative estimate of drug-likeness (QED) is 0.754. The van der Waals surface area contributed by atoms with E-state index in [2.05, 4.69) is 52.0 Å². The van der Waals surface area contributed by atoms with Crippen LogP contribution in [0.15, 0.2) is 24.3 Å². The zero-order valence-electron chi connectivity index (χ0n) is 12.4. The molecule has 1 aromatic carbocycles. The molecule has 0 saturated heterocycles. The first-order valence-corrected chi connectivity index (χ1v) is 7.39. The second-order valence-corrected chi connectivity index (χ2v) is 5.88. The summed E-state index contributed by atoms with van der Waals surface area (Å²) in [5, 5.41) is 0. The lowest BCUT2D eigenvalue weighted by molar-refractivity contribution is 0.411. The van der Waals surface area contributed by atoms with Crippen LogP contribution in [0.1, 0.15) is 64.0 Å². The van der Waals surface area contributed by atoms with E-state index in [9.17, 15) is 0 Å². The molecule has 102 valence electrons. The summed E-state index contributed by atoms with van der Waals surface area (Å²) in [7, 11) is 0. The largest absolute Gasteiger partial charge is 0.327 e. The van der Waals surface area contributed by atoms with Crippen LogP contribution in [-0.2, 0) is 6.42 Å². The van der Waals surface area contributed by atoms with Gasteiger partial charge in [-0.05, 0) is 35.8 Å². The van der Waals surface area contributed by atoms with Crippen molar-refractivity contribution in [1.82, 2.24) is 0 Å². The van der Waals surface area contributed by atoms with Crippen LogP contribution in [0.5, 0.6) is 0 Å². The van der Waals surface area contributed by atoms with Crippen molar-refractivity contribution in [3.63, 3.8) is 0 Å². The summed E-state index contributed by atoms with van der Waals surface area (Å²) in [6.45, 7) is 8.98. The Morgan fingerprint density at radius 2 is 1.67 bits per heavy atom. The molecule has 2 N–H and O–H groups in total. The average Bonchev–Trinajstić information content (AvgIpc) is 2.36. The number of rotatable bonds is 7. The minimum absolute atomic E-state index is 0.293. The van der Waals surface area contributed by atoms with Gasteiger partial charge >= 0.3 is 0 Å². The Morgan fingerprint density at radius 1 is 1.06 bits per heavy atom. The first-order chi connectivity index (χ1) is 8.54. The zero-order valence-corrected chi connectivity index (χ0v) is 12.4. The summed E-state index contributed by atoms with van der Waals surface area (Å²) in [4.78, 5) is 0. The molecule has 1 heteroatoms. The molecular weight excluding hydrogens is 218 g/mol. The van der Waals surface area contributed by atoms with Crippen LogP contribution in [0, 0.1) is 5.92 Å². The van der Waals surface area contributed by atoms with Gasteiger partial charge in [0.05, 0.1) is 0 Å². The first-order valence-electron chi connectivity index (χ1n) is 7.39. The first kappa shape index (κ1) is 15.2. The topological polar surface area (TPSA) is 26.0 Å². The summed E-state index contributed by atoms with van der Waals surface area (Å²) >= 11 is 0. The molecule has 1 aromatic rings. The van der Waals surface area contributed by atoms with Crippen molar-refractivity contribution < 1.29 is 0 Å². The van der Waals surface area contributed by atoms with Crippen LogP contribution in [-0.4, -0.2) is 6.04 Å². The van der Waals surface area contributed by atoms with Gasteiger partial charge in [-0.25, -0.2) is 0 Å². The smallest absolute Gasteiger partial charge is 0.0105 e. The molecule has 1 nitrogen and oxygen atoms in total. The molecule has 0 fully saturated rings. The minimum atomic E-state index is 0.293. The second-order valence-electron chi connectivity index (χ2n) is 5.88. The van der Waals surface area contributed by atoms with Gasteiger partial charge < -0.3 is 5.73 Å². The van der Waals surface area contributed by atoms with Gasteiger partial charge in [0.25, 0.3) is 0 Å². The van der Waals surface area contributed by atoms with Gasteiger partial charge in [0.2, 0.25) is 0 Å². The number of nitrogens with two attached hydrogens (primary N) is 1. The van der Waals surface area contributed by atoms with E-state index in [1.54, 1.807) is 0 Å². The fraction of sp³-hybridized carbons (Fsp3) is 0.647. The van der Waals surface area contributed by atoms with E-state index in [1.807, 2.05) is 0 Å². The van der Waals surface area contributed by atoms with E-state index in [4.69, 9.17) is 5.73 Å². The molecule has 2 unspecified atom stereocenters. The Bertz CT molecular complexity index is 326. The van der Waals surface area contributed by atoms with Crippen LogP contribution in [0.25, 0.3) is 0 Å². The van der Waals surface area contributed by atoms with Crippen molar-refractivity contribution in [1.29, 1.82) is 0 Å². The van der Waals surface area contributed by atoms with Gasteiger partial charge in [0.15, 0.2) is 0 Å². The summed E-state index contributed by atoms with van der Waals surface area (Å²) in [6.07, 6.45) is 4.81. The van der Waals surface area contributed by atoms with Gasteiger partial charge in [0, 0.05) is 6.04 Å². The van der Waals surface area contributed by atoms with Crippen LogP contribution < -0.4 is 5.73 Å². The molecule has 0 aliphatic rings. The molecule has 0 heterocycles. The van der Waals surface area contributed by atoms with Crippen LogP contribution in [0.2, 0.25) is 0 Å². The molecule has 0 aromatic heterocycles. The Hall–Kier alpha value is -0.820. The molecule has 0 amide bonds. The highest BCUT2D eigenvalue weighted by Gasteiger charge is 2.12. The van der Waals surface area contributed by atoms with Crippen molar-refractivity contribution >= 4 is 0 Å². The number of unbranched alkanes of at least 4 members (excludes halogenated alkanes) is 1. The average molecular weight is 247 g/mol. The van der Waals surface area contributed by atoms with Crippen LogP contribution in [0.3, 0.4) is 0 Å². The maximum atomic E-state index is 6.29. The molecular formula is C17H29N. The molecule has 0 spiro atoms. The Morgan fingerprint density at radius 3 is 2.17 bits per heavy atom. The fourth-order valence-corrected chi connectivity index (χ4v) is 2.25. The van der Waals surface area contributed by atoms with E-state index in [-0.39, 0.29) is 0 Å². The molecule has 0 radical (unpaired) electrons. The summed E-state index contributed by atoms with van der Waals surface area (Å²) < 4.78 is 0. The minimum Gasteiger partial charge on any atom is -0.327 e. The Kier molecular flexibility index (Phi) is 6.42. The van der Waals surface area contributed by atoms with E-state index in [1.165, 1.54) is 30.4 Å². The molecule has 18 heavy (non-hydrogen) atoms. The molecule has 1 rings (SSSR count). The second kappa shape index (κ2) is 7.58. The molecule has 0 aliphatic heterocycles. The van der Waals surface area contributed by atoms with E-state index in [0.29, 0.717) is 17.9 Å². The lowest BCUT2D eigenvalue weighted by atomic mass is 9.91. The lowest BCUT2D eigenvalue weighted by Gasteiger charge is -2.20. The van der Waals surface area contributed by atoms with Gasteiger partial charge in [-0.1, -0.05) is 64.8 Å². The number of hydrogen-bond acceptors (Lipinski definition) is 1. The van der Waals surface area contributed by atoms with Crippen molar-refractivity contribution in [3.05, 3.63) is 35.4 Å². The monoisotopic (exact) mass is 247 g/mol. The van der Waals surface area contributed by atoms with E-state index < -0.39 is 0 Å². The highest BCUT2D eigenvalue weighted by Crippen LogP contribution is 2.18. The van der Waals surface area contributed by atoms with E-state index >= 15 is 0 Å². The highest BCUT2D eigenvalue weighted by atomic mass is 14.6. The van der Waals surface area contributed by atoms with Crippen molar-refractivity contribution in [3.8, 4) is 0 Å². The molecule has 0 bridgehead atoms. The third-order valence-electron chi connectivity index (χ3n) is 3.86. The molecule has 0 aliphatic carbocycles. The normalized spacial score (nSPS) is 14.8. The summed E-state index contributed by atoms with van der Waals surface area (Å²) in [5.41, 5.74) is 9.07. The van der Waals surface area contributed by atoms with Crippen molar-refractivity contribution in [2.75, 3.05) is 0 Å². The third-order valence-corrected chi connectivity index (χ3v) is 3.86. The molecule has 2 atom stereocenters. The third kappa shape index (κ3) is 4.81. The predicted octanol–water partition coefficient (Wildman–Crippen LogP) is 4.51. The van der Waals surface area contributed by atoms with Crippen molar-refractivity contribution in [2.45, 2.75) is 65.3 Å². The number of benzene rings is 1.